The van der Waals surface area contributed by atoms with Crippen molar-refractivity contribution in [1.82, 2.24) is 14.1 Å². The molecule has 0 unspecified atom stereocenters. The van der Waals surface area contributed by atoms with Gasteiger partial charge in [-0.25, -0.2) is 4.98 Å². The summed E-state index contributed by atoms with van der Waals surface area (Å²) in [5.41, 5.74) is 16.8. The van der Waals surface area contributed by atoms with Gasteiger partial charge in [-0.05, 0) is 201 Å². The fourth-order valence-corrected chi connectivity index (χ4v) is 12.4. The number of hydrogen-bond donors (Lipinski definition) is 0. The summed E-state index contributed by atoms with van der Waals surface area (Å²) in [6.45, 7) is 0. The molecule has 0 amide bonds. The van der Waals surface area contributed by atoms with Gasteiger partial charge in [0.15, 0.2) is 0 Å². The third-order valence-electron chi connectivity index (χ3n) is 16.6. The molecule has 0 aliphatic carbocycles. The van der Waals surface area contributed by atoms with Gasteiger partial charge in [0.25, 0.3) is 0 Å². The maximum absolute atomic E-state index is 12.2. The van der Waals surface area contributed by atoms with Crippen LogP contribution >= 0.6 is 0 Å². The fourth-order valence-electron chi connectivity index (χ4n) is 12.4. The summed E-state index contributed by atoms with van der Waals surface area (Å²) in [5, 5.41) is 96.1. The minimum Gasteiger partial charge on any atom is -0.308 e. The van der Waals surface area contributed by atoms with E-state index in [2.05, 4.69) is 75.9 Å². The maximum Gasteiger partial charge on any atom is 0.104 e. The van der Waals surface area contributed by atoms with Crippen LogP contribution in [0.2, 0.25) is 0 Å². The first-order valence-electron chi connectivity index (χ1n) is 28.8. The van der Waals surface area contributed by atoms with Crippen molar-refractivity contribution in [1.29, 1.82) is 47.4 Å². The van der Waals surface area contributed by atoms with E-state index in [1.165, 1.54) is 0 Å². The summed E-state index contributed by atoms with van der Waals surface area (Å²) in [7, 11) is 0. The van der Waals surface area contributed by atoms with Crippen LogP contribution in [0.5, 0.6) is 0 Å². The van der Waals surface area contributed by atoms with E-state index >= 15 is 0 Å². The van der Waals surface area contributed by atoms with Gasteiger partial charge >= 0.3 is 0 Å². The van der Waals surface area contributed by atoms with E-state index in [1.807, 2.05) is 146 Å². The van der Waals surface area contributed by atoms with Crippen molar-refractivity contribution >= 4 is 43.6 Å². The summed E-state index contributed by atoms with van der Waals surface area (Å²) in [6, 6.07) is 92.1. The van der Waals surface area contributed by atoms with Gasteiger partial charge in [-0.3, -0.25) is 0 Å². The van der Waals surface area contributed by atoms with Crippen molar-refractivity contribution in [2.45, 2.75) is 0 Å². The van der Waals surface area contributed by atoms with Gasteiger partial charge < -0.3 is 9.13 Å². The molecule has 0 aliphatic rings. The maximum atomic E-state index is 12.2. The summed E-state index contributed by atoms with van der Waals surface area (Å²) >= 11 is 0. The molecule has 0 aliphatic heterocycles. The van der Waals surface area contributed by atoms with Gasteiger partial charge in [0.1, 0.15) is 11.6 Å². The third kappa shape index (κ3) is 9.76. The van der Waals surface area contributed by atoms with E-state index in [4.69, 9.17) is 4.98 Å². The first-order chi connectivity index (χ1) is 45.1. The largest absolute Gasteiger partial charge is 0.308 e. The predicted octanol–water partition coefficient (Wildman–Crippen LogP) is 17.8. The lowest BCUT2D eigenvalue weighted by molar-refractivity contribution is 1.12. The van der Waals surface area contributed by atoms with E-state index < -0.39 is 0 Å². The summed E-state index contributed by atoms with van der Waals surface area (Å²) in [6.07, 6.45) is 0. The molecule has 0 spiro atoms. The summed E-state index contributed by atoms with van der Waals surface area (Å²) < 4.78 is 4.15. The predicted molar refractivity (Wildman–Crippen MR) is 353 cm³/mol. The Balaban J connectivity index is 1.12. The lowest BCUT2D eigenvalue weighted by Gasteiger charge is -2.19. The molecule has 12 heteroatoms. The van der Waals surface area contributed by atoms with Gasteiger partial charge in [0, 0.05) is 32.7 Å². The zero-order valence-corrected chi connectivity index (χ0v) is 48.3. The van der Waals surface area contributed by atoms with Crippen LogP contribution in [0.4, 0.5) is 0 Å². The zero-order chi connectivity index (χ0) is 63.1. The van der Waals surface area contributed by atoms with Crippen molar-refractivity contribution in [3.63, 3.8) is 0 Å². The second-order valence-corrected chi connectivity index (χ2v) is 22.0. The molecule has 0 N–H and O–H groups in total. The Hall–Kier alpha value is -14.4. The monoisotopic (exact) mass is 1170 g/mol. The minimum atomic E-state index is 0.287. The molecular weight excluding hydrogens is 1130 g/mol. The molecule has 0 bridgehead atoms. The lowest BCUT2D eigenvalue weighted by Crippen LogP contribution is -2.05. The molecule has 14 rings (SSSR count). The fraction of sp³-hybridized carbons (Fsp3) is 0. The average molecular weight is 1170 g/mol. The van der Waals surface area contributed by atoms with Gasteiger partial charge in [-0.15, -0.1) is 0 Å². The number of fused-ring (bicyclic) bond motifs is 6. The molecule has 92 heavy (non-hydrogen) atoms. The van der Waals surface area contributed by atoms with Crippen molar-refractivity contribution in [2.75, 3.05) is 0 Å². The van der Waals surface area contributed by atoms with Crippen molar-refractivity contribution in [2.24, 2.45) is 0 Å². The van der Waals surface area contributed by atoms with Crippen molar-refractivity contribution in [3.8, 4) is 144 Å². The highest BCUT2D eigenvalue weighted by Crippen LogP contribution is 2.45. The standard InChI is InChI=1S/C80H38N12/c81-39-48-19-49(40-82)24-62(23-48)58-11-15-75-68(31-58)69-32-59(63-25-50(41-83)20-51(26-63)42-84)12-16-76(69)91(75)79-37-67(66-35-73(56-7-3-1-4-8-56)90-74(36-66)57-9-5-2-6-10-57)38-80(72(79)47-89)92-77-17-13-60(64-27-52(43-85)21-53(28-64)44-86)33-70(77)71-34-61(14-18-78(71)92)65-29-54(45-87)22-55(30-65)46-88/h1-38H. The number of hydrogen-bond acceptors (Lipinski definition) is 10. The molecule has 418 valence electrons. The van der Waals surface area contributed by atoms with Crippen LogP contribution in [0.1, 0.15) is 50.1 Å². The molecule has 14 aromatic rings. The number of rotatable bonds is 9. The Morgan fingerprint density at radius 1 is 0.217 bits per heavy atom. The first kappa shape index (κ1) is 55.5. The molecule has 0 radical (unpaired) electrons. The molecule has 0 atom stereocenters. The highest BCUT2D eigenvalue weighted by atomic mass is 15.0. The van der Waals surface area contributed by atoms with E-state index in [0.29, 0.717) is 112 Å². The number of aromatic nitrogens is 3. The van der Waals surface area contributed by atoms with Crippen LogP contribution < -0.4 is 0 Å². The summed E-state index contributed by atoms with van der Waals surface area (Å²) in [5.74, 6) is 0. The van der Waals surface area contributed by atoms with Crippen LogP contribution in [0.3, 0.4) is 0 Å². The van der Waals surface area contributed by atoms with Crippen LogP contribution in [0.15, 0.2) is 231 Å². The number of nitriles is 9. The molecule has 3 aromatic heterocycles. The van der Waals surface area contributed by atoms with Gasteiger partial charge in [-0.1, -0.05) is 84.9 Å². The average Bonchev–Trinajstić information content (AvgIpc) is 1.59. The molecule has 0 saturated carbocycles. The minimum absolute atomic E-state index is 0.287. The quantitative estimate of drug-likeness (QED) is 0.132. The first-order valence-corrected chi connectivity index (χ1v) is 28.8. The Kier molecular flexibility index (Phi) is 13.7. The Labute approximate surface area is 527 Å². The third-order valence-corrected chi connectivity index (χ3v) is 16.6. The molecular formula is C80H38N12. The van der Waals surface area contributed by atoms with Gasteiger partial charge in [-0.2, -0.15) is 47.4 Å². The Morgan fingerprint density at radius 3 is 0.717 bits per heavy atom. The normalized spacial score (nSPS) is 10.7. The molecule has 11 aromatic carbocycles. The second kappa shape index (κ2) is 22.8. The van der Waals surface area contributed by atoms with Crippen LogP contribution in [0, 0.1) is 102 Å². The number of nitrogens with zero attached hydrogens (tertiary/aromatic N) is 12. The SMILES string of the molecule is N#Cc1cc(C#N)cc(-c2ccc3c(c2)c2cc(-c4cc(C#N)cc(C#N)c4)ccc2n3-c2cc(-c3cc(-c4ccccc4)nc(-c4ccccc4)c3)cc(-n3c4ccc(-c5cc(C#N)cc(C#N)c5)cc4c4cc(-c5cc(C#N)cc(C#N)c5)ccc43)c2C#N)c1. The lowest BCUT2D eigenvalue weighted by atomic mass is 9.96. The van der Waals surface area contributed by atoms with Crippen LogP contribution in [-0.2, 0) is 0 Å². The Morgan fingerprint density at radius 2 is 0.467 bits per heavy atom. The molecule has 3 heterocycles. The Bertz CT molecular complexity index is 5200. The topological polar surface area (TPSA) is 237 Å². The van der Waals surface area contributed by atoms with Crippen molar-refractivity contribution in [3.05, 3.63) is 281 Å². The highest BCUT2D eigenvalue weighted by Gasteiger charge is 2.25. The molecule has 0 saturated heterocycles. The molecule has 12 nitrogen and oxygen atoms in total. The van der Waals surface area contributed by atoms with Crippen LogP contribution in [-0.4, -0.2) is 14.1 Å². The van der Waals surface area contributed by atoms with E-state index in [0.717, 1.165) is 66.1 Å². The molecule has 0 fully saturated rings. The second-order valence-electron chi connectivity index (χ2n) is 22.0. The van der Waals surface area contributed by atoms with E-state index in [9.17, 15) is 47.4 Å². The van der Waals surface area contributed by atoms with E-state index in [-0.39, 0.29) is 5.56 Å². The number of benzene rings is 11. The summed E-state index contributed by atoms with van der Waals surface area (Å²) in [4.78, 5) is 5.26. The van der Waals surface area contributed by atoms with Gasteiger partial charge in [0.2, 0.25) is 0 Å². The smallest absolute Gasteiger partial charge is 0.104 e. The van der Waals surface area contributed by atoms with E-state index in [1.54, 1.807) is 72.8 Å². The number of pyridine rings is 1. The van der Waals surface area contributed by atoms with Crippen molar-refractivity contribution < 1.29 is 0 Å². The van der Waals surface area contributed by atoms with Gasteiger partial charge in [0.05, 0.1) is 138 Å². The highest BCUT2D eigenvalue weighted by molar-refractivity contribution is 6.14. The van der Waals surface area contributed by atoms with Crippen LogP contribution in [0.25, 0.3) is 133 Å². The zero-order valence-electron chi connectivity index (χ0n) is 48.3.